The molecule has 2 N–H and O–H groups in total. The third-order valence-electron chi connectivity index (χ3n) is 4.87. The smallest absolute Gasteiger partial charge is 0.328 e. The maximum atomic E-state index is 10.8. The molecule has 0 spiro atoms. The highest BCUT2D eigenvalue weighted by atomic mass is 16.4. The van der Waals surface area contributed by atoms with E-state index >= 15 is 0 Å². The van der Waals surface area contributed by atoms with E-state index in [0.29, 0.717) is 0 Å². The van der Waals surface area contributed by atoms with Crippen molar-refractivity contribution in [3.8, 4) is 0 Å². The Morgan fingerprint density at radius 1 is 1.07 bits per heavy atom. The molecular formula is C24H20N4O2. The Morgan fingerprint density at radius 3 is 2.57 bits per heavy atom. The van der Waals surface area contributed by atoms with Gasteiger partial charge in [-0.05, 0) is 52.5 Å². The summed E-state index contributed by atoms with van der Waals surface area (Å²) < 4.78 is 0. The summed E-state index contributed by atoms with van der Waals surface area (Å²) in [5, 5.41) is 17.0. The molecular weight excluding hydrogens is 376 g/mol. The number of H-pyrrole nitrogens is 1. The number of nitrogens with zero attached hydrogens (tertiary/aromatic N) is 3. The lowest BCUT2D eigenvalue weighted by Crippen LogP contribution is -1.97. The number of nitrogens with one attached hydrogen (secondary N) is 1. The number of rotatable bonds is 6. The first-order chi connectivity index (χ1) is 14.7. The van der Waals surface area contributed by atoms with Crippen LogP contribution in [0, 0.1) is 0 Å². The molecule has 2 aromatic carbocycles. The SMILES string of the molecule is CCC(=C(c1ccc(C=CC(=O)O)cc1)c1ccc2[nH]ncc2c1)c1cnccn1. The van der Waals surface area contributed by atoms with Crippen LogP contribution in [0.1, 0.15) is 35.7 Å². The zero-order valence-corrected chi connectivity index (χ0v) is 16.4. The van der Waals surface area contributed by atoms with E-state index in [4.69, 9.17) is 5.11 Å². The minimum atomic E-state index is -0.969. The highest BCUT2D eigenvalue weighted by Gasteiger charge is 2.15. The van der Waals surface area contributed by atoms with Crippen LogP contribution in [0.15, 0.2) is 73.3 Å². The molecule has 0 aliphatic rings. The number of carboxylic acids is 1. The lowest BCUT2D eigenvalue weighted by Gasteiger charge is -2.16. The number of aliphatic carboxylic acids is 1. The fourth-order valence-electron chi connectivity index (χ4n) is 3.48. The molecule has 0 fully saturated rings. The van der Waals surface area contributed by atoms with Crippen LogP contribution in [-0.4, -0.2) is 31.2 Å². The predicted octanol–water partition coefficient (Wildman–Crippen LogP) is 4.82. The third kappa shape index (κ3) is 4.03. The van der Waals surface area contributed by atoms with Crippen molar-refractivity contribution in [1.82, 2.24) is 20.2 Å². The van der Waals surface area contributed by atoms with Crippen LogP contribution in [-0.2, 0) is 4.79 Å². The molecule has 2 heterocycles. The zero-order chi connectivity index (χ0) is 20.9. The summed E-state index contributed by atoms with van der Waals surface area (Å²) in [5.41, 5.74) is 6.85. The van der Waals surface area contributed by atoms with E-state index in [1.165, 1.54) is 0 Å². The lowest BCUT2D eigenvalue weighted by molar-refractivity contribution is -0.131. The molecule has 4 aromatic rings. The second-order valence-electron chi connectivity index (χ2n) is 6.76. The Hall–Kier alpha value is -4.06. The average Bonchev–Trinajstić information content (AvgIpc) is 3.25. The van der Waals surface area contributed by atoms with Crippen LogP contribution in [0.4, 0.5) is 0 Å². The number of hydrogen-bond acceptors (Lipinski definition) is 4. The number of aromatic amines is 1. The minimum Gasteiger partial charge on any atom is -0.478 e. The quantitative estimate of drug-likeness (QED) is 0.456. The molecule has 4 rings (SSSR count). The molecule has 2 aromatic heterocycles. The van der Waals surface area contributed by atoms with Crippen LogP contribution >= 0.6 is 0 Å². The number of benzene rings is 2. The van der Waals surface area contributed by atoms with Crippen LogP contribution in [0.5, 0.6) is 0 Å². The van der Waals surface area contributed by atoms with Gasteiger partial charge in [0.15, 0.2) is 0 Å². The van der Waals surface area contributed by atoms with E-state index in [2.05, 4.69) is 39.2 Å². The van der Waals surface area contributed by atoms with Gasteiger partial charge in [0, 0.05) is 23.9 Å². The van der Waals surface area contributed by atoms with Gasteiger partial charge in [-0.2, -0.15) is 5.10 Å². The minimum absolute atomic E-state index is 0.776. The lowest BCUT2D eigenvalue weighted by atomic mass is 9.89. The molecule has 6 nitrogen and oxygen atoms in total. The summed E-state index contributed by atoms with van der Waals surface area (Å²) in [7, 11) is 0. The van der Waals surface area contributed by atoms with Crippen LogP contribution < -0.4 is 0 Å². The van der Waals surface area contributed by atoms with E-state index in [0.717, 1.165) is 56.9 Å². The van der Waals surface area contributed by atoms with Gasteiger partial charge >= 0.3 is 5.97 Å². The molecule has 0 aliphatic heterocycles. The molecule has 0 unspecified atom stereocenters. The fraction of sp³-hybridized carbons (Fsp3) is 0.0833. The molecule has 0 saturated heterocycles. The maximum Gasteiger partial charge on any atom is 0.328 e. The van der Waals surface area contributed by atoms with Crippen molar-refractivity contribution in [2.45, 2.75) is 13.3 Å². The molecule has 0 aliphatic carbocycles. The van der Waals surface area contributed by atoms with E-state index in [9.17, 15) is 4.79 Å². The maximum absolute atomic E-state index is 10.8. The molecule has 0 saturated carbocycles. The van der Waals surface area contributed by atoms with Crippen molar-refractivity contribution in [2.24, 2.45) is 0 Å². The Balaban J connectivity index is 1.89. The average molecular weight is 396 g/mol. The predicted molar refractivity (Wildman–Crippen MR) is 117 cm³/mol. The van der Waals surface area contributed by atoms with Gasteiger partial charge in [-0.15, -0.1) is 0 Å². The summed E-state index contributed by atoms with van der Waals surface area (Å²) in [6, 6.07) is 14.0. The summed E-state index contributed by atoms with van der Waals surface area (Å²) >= 11 is 0. The van der Waals surface area contributed by atoms with Gasteiger partial charge in [0.25, 0.3) is 0 Å². The van der Waals surface area contributed by atoms with Gasteiger partial charge in [-0.3, -0.25) is 15.1 Å². The van der Waals surface area contributed by atoms with E-state index < -0.39 is 5.97 Å². The first-order valence-electron chi connectivity index (χ1n) is 9.60. The van der Waals surface area contributed by atoms with Crippen LogP contribution in [0.25, 0.3) is 28.1 Å². The van der Waals surface area contributed by atoms with Crippen molar-refractivity contribution in [1.29, 1.82) is 0 Å². The number of carbonyl (C=O) groups is 1. The highest BCUT2D eigenvalue weighted by molar-refractivity contribution is 5.99. The number of fused-ring (bicyclic) bond motifs is 1. The second kappa shape index (κ2) is 8.53. The third-order valence-corrected chi connectivity index (χ3v) is 4.87. The molecule has 0 amide bonds. The van der Waals surface area contributed by atoms with Crippen molar-refractivity contribution in [3.63, 3.8) is 0 Å². The molecule has 0 atom stereocenters. The number of hydrogen-bond donors (Lipinski definition) is 2. The topological polar surface area (TPSA) is 91.8 Å². The summed E-state index contributed by atoms with van der Waals surface area (Å²) in [4.78, 5) is 19.6. The molecule has 30 heavy (non-hydrogen) atoms. The first-order valence-corrected chi connectivity index (χ1v) is 9.60. The Labute approximate surface area is 173 Å². The van der Waals surface area contributed by atoms with Crippen molar-refractivity contribution in [3.05, 3.63) is 95.7 Å². The summed E-state index contributed by atoms with van der Waals surface area (Å²) in [6.45, 7) is 2.10. The van der Waals surface area contributed by atoms with Gasteiger partial charge in [-0.1, -0.05) is 37.3 Å². The van der Waals surface area contributed by atoms with Crippen molar-refractivity contribution >= 4 is 34.1 Å². The second-order valence-corrected chi connectivity index (χ2v) is 6.76. The summed E-state index contributed by atoms with van der Waals surface area (Å²) in [6.07, 6.45) is 10.4. The number of carboxylic acid groups (broad SMARTS) is 1. The number of aromatic nitrogens is 4. The molecule has 0 radical (unpaired) electrons. The normalized spacial score (nSPS) is 12.3. The van der Waals surface area contributed by atoms with E-state index in [1.807, 2.05) is 36.5 Å². The zero-order valence-electron chi connectivity index (χ0n) is 16.4. The van der Waals surface area contributed by atoms with Crippen molar-refractivity contribution in [2.75, 3.05) is 0 Å². The van der Waals surface area contributed by atoms with E-state index in [1.54, 1.807) is 24.7 Å². The fourth-order valence-corrected chi connectivity index (χ4v) is 3.48. The van der Waals surface area contributed by atoms with Crippen LogP contribution in [0.2, 0.25) is 0 Å². The summed E-state index contributed by atoms with van der Waals surface area (Å²) in [5.74, 6) is -0.969. The van der Waals surface area contributed by atoms with Crippen molar-refractivity contribution < 1.29 is 9.90 Å². The van der Waals surface area contributed by atoms with Gasteiger partial charge in [0.1, 0.15) is 0 Å². The van der Waals surface area contributed by atoms with Gasteiger partial charge in [-0.25, -0.2) is 4.79 Å². The largest absolute Gasteiger partial charge is 0.478 e. The van der Waals surface area contributed by atoms with Gasteiger partial charge < -0.3 is 5.11 Å². The van der Waals surface area contributed by atoms with Gasteiger partial charge in [0.05, 0.1) is 23.6 Å². The standard InChI is InChI=1S/C24H20N4O2/c1-2-20(22-15-25-11-12-26-22)24(18-8-9-21-19(13-18)14-27-28-21)17-6-3-16(4-7-17)5-10-23(29)30/h3-15H,2H2,1H3,(H,27,28)(H,29,30). The number of allylic oxidation sites excluding steroid dienone is 1. The van der Waals surface area contributed by atoms with Gasteiger partial charge in [0.2, 0.25) is 0 Å². The molecule has 6 heteroatoms. The first kappa shape index (κ1) is 19.3. The highest BCUT2D eigenvalue weighted by Crippen LogP contribution is 2.34. The Kier molecular flexibility index (Phi) is 5.48. The Bertz CT molecular complexity index is 1240. The monoisotopic (exact) mass is 396 g/mol. The van der Waals surface area contributed by atoms with E-state index in [-0.39, 0.29) is 0 Å². The molecule has 0 bridgehead atoms. The molecule has 148 valence electrons. The Morgan fingerprint density at radius 2 is 1.87 bits per heavy atom. The van der Waals surface area contributed by atoms with Crippen LogP contribution in [0.3, 0.4) is 0 Å².